The van der Waals surface area contributed by atoms with Crippen LogP contribution in [0.15, 0.2) is 0 Å². The zero-order valence-corrected chi connectivity index (χ0v) is 13.3. The second kappa shape index (κ2) is 5.40. The van der Waals surface area contributed by atoms with E-state index in [9.17, 15) is 18.0 Å². The van der Waals surface area contributed by atoms with Crippen LogP contribution in [0.2, 0.25) is 0 Å². The van der Waals surface area contributed by atoms with Gasteiger partial charge in [-0.05, 0) is 13.3 Å². The van der Waals surface area contributed by atoms with Crippen LogP contribution >= 0.6 is 0 Å². The van der Waals surface area contributed by atoms with Gasteiger partial charge in [-0.2, -0.15) is 0 Å². The molecule has 132 valence electrons. The van der Waals surface area contributed by atoms with Crippen molar-refractivity contribution in [3.63, 3.8) is 0 Å². The normalized spacial score (nSPS) is 46.3. The fourth-order valence-corrected chi connectivity index (χ4v) is 4.10. The van der Waals surface area contributed by atoms with Crippen LogP contribution < -0.4 is 0 Å². The van der Waals surface area contributed by atoms with Gasteiger partial charge in [0.2, 0.25) is 0 Å². The number of hydrogen-bond acceptors (Lipinski definition) is 5. The summed E-state index contributed by atoms with van der Waals surface area (Å²) in [4.78, 5) is 12.4. The Morgan fingerprint density at radius 3 is 2.57 bits per heavy atom. The lowest BCUT2D eigenvalue weighted by Crippen LogP contribution is -2.55. The van der Waals surface area contributed by atoms with Crippen molar-refractivity contribution in [1.29, 1.82) is 0 Å². The van der Waals surface area contributed by atoms with Crippen LogP contribution in [0.25, 0.3) is 0 Å². The Labute approximate surface area is 132 Å². The average Bonchev–Trinajstić information content (AvgIpc) is 3.32. The van der Waals surface area contributed by atoms with E-state index in [1.165, 1.54) is 7.11 Å². The molecule has 5 nitrogen and oxygen atoms in total. The van der Waals surface area contributed by atoms with Gasteiger partial charge in [0.1, 0.15) is 17.3 Å². The van der Waals surface area contributed by atoms with Gasteiger partial charge in [-0.3, -0.25) is 9.53 Å². The number of epoxide rings is 2. The van der Waals surface area contributed by atoms with Gasteiger partial charge in [0.05, 0.1) is 25.2 Å². The lowest BCUT2D eigenvalue weighted by Gasteiger charge is -2.40. The average molecular weight is 338 g/mol. The van der Waals surface area contributed by atoms with E-state index >= 15 is 0 Å². The van der Waals surface area contributed by atoms with Gasteiger partial charge in [0.25, 0.3) is 0 Å². The zero-order valence-electron chi connectivity index (χ0n) is 13.3. The molecule has 2 aliphatic heterocycles. The largest absolute Gasteiger partial charge is 0.522 e. The van der Waals surface area contributed by atoms with Crippen molar-refractivity contribution in [2.45, 2.75) is 56.5 Å². The zero-order chi connectivity index (χ0) is 17.0. The minimum Gasteiger partial charge on any atom is -0.373 e. The molecule has 8 heteroatoms. The molecule has 0 bridgehead atoms. The summed E-state index contributed by atoms with van der Waals surface area (Å²) in [5, 5.41) is 0. The minimum atomic E-state index is -4.64. The molecule has 2 heterocycles. The lowest BCUT2D eigenvalue weighted by molar-refractivity contribution is -0.324. The monoisotopic (exact) mass is 338 g/mol. The summed E-state index contributed by atoms with van der Waals surface area (Å²) >= 11 is 0. The molecule has 0 aromatic heterocycles. The Morgan fingerprint density at radius 1 is 1.39 bits per heavy atom. The summed E-state index contributed by atoms with van der Waals surface area (Å²) in [6, 6.07) is 0. The van der Waals surface area contributed by atoms with Crippen LogP contribution in [-0.2, 0) is 23.7 Å². The second-order valence-corrected chi connectivity index (χ2v) is 6.87. The van der Waals surface area contributed by atoms with Gasteiger partial charge in [-0.1, -0.05) is 6.92 Å². The van der Waals surface area contributed by atoms with Crippen molar-refractivity contribution in [2.75, 3.05) is 20.3 Å². The molecule has 0 radical (unpaired) electrons. The van der Waals surface area contributed by atoms with Crippen LogP contribution in [0.4, 0.5) is 13.2 Å². The predicted octanol–water partition coefficient (Wildman–Crippen LogP) is 2.08. The second-order valence-electron chi connectivity index (χ2n) is 6.87. The summed E-state index contributed by atoms with van der Waals surface area (Å²) in [5.74, 6) is -0.465. The fourth-order valence-electron chi connectivity index (χ4n) is 4.10. The Balaban J connectivity index is 1.69. The Morgan fingerprint density at radius 2 is 2.04 bits per heavy atom. The summed E-state index contributed by atoms with van der Waals surface area (Å²) in [7, 11) is 1.47. The van der Waals surface area contributed by atoms with Crippen LogP contribution in [-0.4, -0.2) is 55.9 Å². The van der Waals surface area contributed by atoms with Crippen molar-refractivity contribution in [1.82, 2.24) is 0 Å². The lowest BCUT2D eigenvalue weighted by atomic mass is 9.66. The van der Waals surface area contributed by atoms with E-state index in [4.69, 9.17) is 14.2 Å². The summed E-state index contributed by atoms with van der Waals surface area (Å²) in [5.41, 5.74) is -1.18. The van der Waals surface area contributed by atoms with E-state index in [0.717, 1.165) is 0 Å². The topological polar surface area (TPSA) is 60.6 Å². The molecule has 3 rings (SSSR count). The van der Waals surface area contributed by atoms with Crippen LogP contribution in [0.3, 0.4) is 0 Å². The van der Waals surface area contributed by atoms with E-state index in [2.05, 4.69) is 4.74 Å². The summed E-state index contributed by atoms with van der Waals surface area (Å²) in [6.07, 6.45) is -4.98. The SMILES string of the molecule is CO[C@@H]1C(=O)[C@@H](C)C[C@]2(CO2)[C@H]1C1(C)OC1CCOC(F)(F)F. The molecule has 0 amide bonds. The van der Waals surface area contributed by atoms with Gasteiger partial charge in [0, 0.05) is 19.4 Å². The molecule has 1 aliphatic carbocycles. The first-order valence-corrected chi connectivity index (χ1v) is 7.72. The number of ketones is 1. The molecule has 1 saturated carbocycles. The van der Waals surface area contributed by atoms with Crippen molar-refractivity contribution >= 4 is 5.78 Å². The van der Waals surface area contributed by atoms with Crippen molar-refractivity contribution in [2.24, 2.45) is 11.8 Å². The molecule has 0 N–H and O–H groups in total. The summed E-state index contributed by atoms with van der Waals surface area (Å²) in [6.45, 7) is 3.72. The van der Waals surface area contributed by atoms with E-state index in [1.54, 1.807) is 0 Å². The number of alkyl halides is 3. The maximum atomic E-state index is 12.4. The van der Waals surface area contributed by atoms with E-state index < -0.39 is 36.4 Å². The number of carbonyl (C=O) groups excluding carboxylic acids is 1. The molecule has 1 spiro atoms. The third kappa shape index (κ3) is 3.01. The van der Waals surface area contributed by atoms with Crippen molar-refractivity contribution < 1.29 is 36.9 Å². The van der Waals surface area contributed by atoms with Gasteiger partial charge >= 0.3 is 6.36 Å². The number of halogens is 3. The smallest absolute Gasteiger partial charge is 0.373 e. The van der Waals surface area contributed by atoms with Crippen LogP contribution in [0.1, 0.15) is 26.7 Å². The Kier molecular flexibility index (Phi) is 4.03. The van der Waals surface area contributed by atoms with Crippen molar-refractivity contribution in [3.05, 3.63) is 0 Å². The Hall–Kier alpha value is -0.700. The number of Topliss-reactive ketones (excluding diaryl/α,β-unsaturated/α-hetero) is 1. The molecule has 2 unspecified atom stereocenters. The number of rotatable bonds is 5. The highest BCUT2D eigenvalue weighted by atomic mass is 19.4. The highest BCUT2D eigenvalue weighted by Gasteiger charge is 2.72. The molecule has 3 aliphatic rings. The predicted molar refractivity (Wildman–Crippen MR) is 71.7 cm³/mol. The van der Waals surface area contributed by atoms with Gasteiger partial charge < -0.3 is 14.2 Å². The first-order valence-electron chi connectivity index (χ1n) is 7.72. The summed E-state index contributed by atoms with van der Waals surface area (Å²) < 4.78 is 56.8. The molecule has 6 atom stereocenters. The van der Waals surface area contributed by atoms with E-state index in [0.29, 0.717) is 13.0 Å². The third-order valence-electron chi connectivity index (χ3n) is 5.30. The van der Waals surface area contributed by atoms with Gasteiger partial charge in [-0.25, -0.2) is 0 Å². The van der Waals surface area contributed by atoms with Crippen LogP contribution in [0.5, 0.6) is 0 Å². The number of ether oxygens (including phenoxy) is 4. The van der Waals surface area contributed by atoms with Crippen molar-refractivity contribution in [3.8, 4) is 0 Å². The van der Waals surface area contributed by atoms with Crippen LogP contribution in [0, 0.1) is 11.8 Å². The number of carbonyl (C=O) groups is 1. The molecule has 23 heavy (non-hydrogen) atoms. The molecule has 3 fully saturated rings. The number of methoxy groups -OCH3 is 1. The quantitative estimate of drug-likeness (QED) is 0.718. The first kappa shape index (κ1) is 17.1. The minimum absolute atomic E-state index is 0.000594. The Bertz CT molecular complexity index is 490. The number of hydrogen-bond donors (Lipinski definition) is 0. The maximum Gasteiger partial charge on any atom is 0.522 e. The molecular formula is C15H21F3O5. The highest BCUT2D eigenvalue weighted by Crippen LogP contribution is 2.59. The molecule has 0 aromatic rings. The first-order chi connectivity index (χ1) is 10.6. The van der Waals surface area contributed by atoms with Gasteiger partial charge in [-0.15, -0.1) is 13.2 Å². The molecule has 2 saturated heterocycles. The third-order valence-corrected chi connectivity index (χ3v) is 5.30. The fraction of sp³-hybridized carbons (Fsp3) is 0.933. The van der Waals surface area contributed by atoms with Gasteiger partial charge in [0.15, 0.2) is 5.78 Å². The molecular weight excluding hydrogens is 317 g/mol. The highest BCUT2D eigenvalue weighted by molar-refractivity contribution is 5.87. The standard InChI is InChI=1S/C15H21F3O5/c1-8-6-14(7-22-14)12(11(20-3)10(8)19)13(2)9(23-13)4-5-21-15(16,17)18/h8-9,11-12H,4-7H2,1-3H3/t8-,9?,11+,12+,13?,14-/m0/s1. The van der Waals surface area contributed by atoms with E-state index in [-0.39, 0.29) is 24.0 Å². The van der Waals surface area contributed by atoms with E-state index in [1.807, 2.05) is 13.8 Å². The molecule has 0 aromatic carbocycles. The maximum absolute atomic E-state index is 12.4.